The average Bonchev–Trinajstić information content (AvgIpc) is 2.83. The van der Waals surface area contributed by atoms with Crippen LogP contribution in [-0.2, 0) is 16.6 Å². The predicted molar refractivity (Wildman–Crippen MR) is 134 cm³/mol. The summed E-state index contributed by atoms with van der Waals surface area (Å²) < 4.78 is 42.5. The molecule has 1 fully saturated rings. The van der Waals surface area contributed by atoms with Crippen LogP contribution >= 0.6 is 11.6 Å². The zero-order valence-corrected chi connectivity index (χ0v) is 20.7. The number of hydrogen-bond donors (Lipinski definition) is 0. The van der Waals surface area contributed by atoms with Crippen LogP contribution in [0.1, 0.15) is 24.0 Å². The van der Waals surface area contributed by atoms with Crippen LogP contribution in [-0.4, -0.2) is 37.4 Å². The zero-order valence-electron chi connectivity index (χ0n) is 19.1. The van der Waals surface area contributed by atoms with E-state index < -0.39 is 20.8 Å². The van der Waals surface area contributed by atoms with Crippen molar-refractivity contribution in [3.05, 3.63) is 98.8 Å². The van der Waals surface area contributed by atoms with Gasteiger partial charge in [0.25, 0.3) is 15.7 Å². The van der Waals surface area contributed by atoms with E-state index in [4.69, 9.17) is 11.6 Å². The second-order valence-electron chi connectivity index (χ2n) is 8.63. The molecule has 3 aromatic carbocycles. The lowest BCUT2D eigenvalue weighted by molar-refractivity contribution is -0.384. The van der Waals surface area contributed by atoms with Gasteiger partial charge in [-0.25, -0.2) is 12.8 Å². The molecule has 0 radical (unpaired) electrons. The summed E-state index contributed by atoms with van der Waals surface area (Å²) in [6.07, 6.45) is 1.07. The van der Waals surface area contributed by atoms with E-state index >= 15 is 0 Å². The average molecular weight is 518 g/mol. The first-order chi connectivity index (χ1) is 16.6. The maximum Gasteiger partial charge on any atom is 0.269 e. The summed E-state index contributed by atoms with van der Waals surface area (Å²) >= 11 is 6.27. The van der Waals surface area contributed by atoms with Crippen molar-refractivity contribution in [3.63, 3.8) is 0 Å². The molecule has 0 atom stereocenters. The summed E-state index contributed by atoms with van der Waals surface area (Å²) in [6, 6.07) is 16.3. The van der Waals surface area contributed by atoms with Crippen molar-refractivity contribution >= 4 is 33.0 Å². The first-order valence-corrected chi connectivity index (χ1v) is 13.0. The number of nitro groups is 1. The Morgan fingerprint density at radius 3 is 2.40 bits per heavy atom. The van der Waals surface area contributed by atoms with Crippen molar-refractivity contribution in [2.24, 2.45) is 0 Å². The largest absolute Gasteiger partial charge is 0.299 e. The lowest BCUT2D eigenvalue weighted by atomic mass is 10.0. The van der Waals surface area contributed by atoms with Gasteiger partial charge in [0.15, 0.2) is 0 Å². The number of piperidine rings is 1. The molecular formula is C25H25ClFN3O4S. The van der Waals surface area contributed by atoms with Crippen molar-refractivity contribution in [2.75, 3.05) is 17.4 Å². The number of hydrogen-bond acceptors (Lipinski definition) is 5. The first kappa shape index (κ1) is 25.1. The quantitative estimate of drug-likeness (QED) is 0.303. The maximum absolute atomic E-state index is 13.7. The third-order valence-corrected chi connectivity index (χ3v) is 8.40. The number of benzene rings is 3. The van der Waals surface area contributed by atoms with Gasteiger partial charge in [-0.3, -0.25) is 19.3 Å². The van der Waals surface area contributed by atoms with Crippen LogP contribution in [0.15, 0.2) is 71.6 Å². The number of aryl methyl sites for hydroxylation is 1. The summed E-state index contributed by atoms with van der Waals surface area (Å²) in [4.78, 5) is 13.0. The number of rotatable bonds is 7. The third kappa shape index (κ3) is 5.63. The van der Waals surface area contributed by atoms with Gasteiger partial charge in [0.2, 0.25) is 0 Å². The fourth-order valence-electron chi connectivity index (χ4n) is 4.37. The number of sulfonamides is 1. The van der Waals surface area contributed by atoms with Crippen LogP contribution in [0.25, 0.3) is 0 Å². The summed E-state index contributed by atoms with van der Waals surface area (Å²) in [5.41, 5.74) is 1.87. The number of anilines is 1. The van der Waals surface area contributed by atoms with E-state index in [0.29, 0.717) is 48.7 Å². The topological polar surface area (TPSA) is 83.8 Å². The molecule has 1 aliphatic heterocycles. The minimum absolute atomic E-state index is 0.0222. The highest BCUT2D eigenvalue weighted by Gasteiger charge is 2.34. The Labute approximate surface area is 208 Å². The Kier molecular flexibility index (Phi) is 7.39. The molecule has 0 saturated carbocycles. The molecular weight excluding hydrogens is 493 g/mol. The Balaban J connectivity index is 1.57. The van der Waals surface area contributed by atoms with Crippen LogP contribution in [0, 0.1) is 22.9 Å². The Morgan fingerprint density at radius 1 is 1.09 bits per heavy atom. The van der Waals surface area contributed by atoms with Crippen LogP contribution in [0.5, 0.6) is 0 Å². The third-order valence-electron chi connectivity index (χ3n) is 6.15. The maximum atomic E-state index is 13.7. The zero-order chi connectivity index (χ0) is 25.2. The monoisotopic (exact) mass is 517 g/mol. The number of nitrogens with zero attached hydrogens (tertiary/aromatic N) is 3. The van der Waals surface area contributed by atoms with Crippen molar-refractivity contribution in [2.45, 2.75) is 37.2 Å². The molecule has 0 aliphatic carbocycles. The van der Waals surface area contributed by atoms with E-state index in [1.807, 2.05) is 13.0 Å². The second kappa shape index (κ2) is 10.3. The highest BCUT2D eigenvalue weighted by atomic mass is 35.5. The SMILES string of the molecule is Cc1cccc(S(=O)(=O)N(c2ccc(F)cc2)C2CCN(Cc3cc([N+](=O)[O-])ccc3Cl)CC2)c1. The molecule has 184 valence electrons. The molecule has 1 heterocycles. The lowest BCUT2D eigenvalue weighted by Crippen LogP contribution is -2.47. The molecule has 35 heavy (non-hydrogen) atoms. The van der Waals surface area contributed by atoms with E-state index in [1.165, 1.54) is 46.8 Å². The Hall–Kier alpha value is -3.01. The van der Waals surface area contributed by atoms with Crippen molar-refractivity contribution in [1.29, 1.82) is 0 Å². The molecule has 0 N–H and O–H groups in total. The standard InChI is InChI=1S/C25H25ClFN3O4S/c1-18-3-2-4-24(15-18)35(33,34)29(21-7-5-20(27)6-8-21)22-11-13-28(14-12-22)17-19-16-23(30(31)32)9-10-25(19)26/h2-10,15-16,22H,11-14,17H2,1H3. The highest BCUT2D eigenvalue weighted by Crippen LogP contribution is 2.32. The summed E-state index contributed by atoms with van der Waals surface area (Å²) in [5.74, 6) is -0.440. The molecule has 1 aliphatic rings. The van der Waals surface area contributed by atoms with Crippen molar-refractivity contribution in [3.8, 4) is 0 Å². The van der Waals surface area contributed by atoms with Gasteiger partial charge in [0.1, 0.15) is 5.82 Å². The van der Waals surface area contributed by atoms with Crippen LogP contribution in [0.3, 0.4) is 0 Å². The normalized spacial score (nSPS) is 15.2. The molecule has 0 amide bonds. The van der Waals surface area contributed by atoms with Gasteiger partial charge in [-0.2, -0.15) is 0 Å². The minimum atomic E-state index is -3.89. The van der Waals surface area contributed by atoms with E-state index in [2.05, 4.69) is 4.90 Å². The molecule has 0 bridgehead atoms. The summed E-state index contributed by atoms with van der Waals surface area (Å²) in [5, 5.41) is 11.6. The fraction of sp³-hybridized carbons (Fsp3) is 0.280. The Bertz CT molecular complexity index is 1330. The number of halogens is 2. The molecule has 7 nitrogen and oxygen atoms in total. The Morgan fingerprint density at radius 2 is 1.77 bits per heavy atom. The van der Waals surface area contributed by atoms with Crippen LogP contribution < -0.4 is 4.31 Å². The van der Waals surface area contributed by atoms with E-state index in [0.717, 1.165) is 5.56 Å². The summed E-state index contributed by atoms with van der Waals surface area (Å²) in [7, 11) is -3.89. The molecule has 0 spiro atoms. The first-order valence-electron chi connectivity index (χ1n) is 11.2. The van der Waals surface area contributed by atoms with Crippen molar-refractivity contribution in [1.82, 2.24) is 4.90 Å². The van der Waals surface area contributed by atoms with E-state index in [1.54, 1.807) is 18.2 Å². The molecule has 3 aromatic rings. The summed E-state index contributed by atoms with van der Waals surface area (Å²) in [6.45, 7) is 3.41. The molecule has 4 rings (SSSR count). The van der Waals surface area contributed by atoms with Gasteiger partial charge in [-0.1, -0.05) is 23.7 Å². The number of likely N-dealkylation sites (tertiary alicyclic amines) is 1. The fourth-order valence-corrected chi connectivity index (χ4v) is 6.36. The molecule has 1 saturated heterocycles. The smallest absolute Gasteiger partial charge is 0.269 e. The van der Waals surface area contributed by atoms with Gasteiger partial charge >= 0.3 is 0 Å². The van der Waals surface area contributed by atoms with Gasteiger partial charge < -0.3 is 0 Å². The van der Waals surface area contributed by atoms with Gasteiger partial charge in [-0.05, 0) is 73.4 Å². The molecule has 0 aromatic heterocycles. The van der Waals surface area contributed by atoms with Gasteiger partial charge in [0, 0.05) is 42.8 Å². The van der Waals surface area contributed by atoms with Gasteiger partial charge in [0.05, 0.1) is 15.5 Å². The minimum Gasteiger partial charge on any atom is -0.299 e. The lowest BCUT2D eigenvalue weighted by Gasteiger charge is -2.39. The van der Waals surface area contributed by atoms with E-state index in [9.17, 15) is 22.9 Å². The highest BCUT2D eigenvalue weighted by molar-refractivity contribution is 7.92. The number of nitro benzene ring substituents is 1. The number of non-ortho nitro benzene ring substituents is 1. The van der Waals surface area contributed by atoms with Crippen LogP contribution in [0.2, 0.25) is 5.02 Å². The predicted octanol–water partition coefficient (Wildman–Crippen LogP) is 5.56. The molecule has 10 heteroatoms. The molecule has 0 unspecified atom stereocenters. The van der Waals surface area contributed by atoms with Gasteiger partial charge in [-0.15, -0.1) is 0 Å². The van der Waals surface area contributed by atoms with Crippen molar-refractivity contribution < 1.29 is 17.7 Å². The second-order valence-corrected chi connectivity index (χ2v) is 10.9. The van der Waals surface area contributed by atoms with Crippen LogP contribution in [0.4, 0.5) is 15.8 Å². The van der Waals surface area contributed by atoms with E-state index in [-0.39, 0.29) is 16.6 Å².